The van der Waals surface area contributed by atoms with Crippen LogP contribution in [-0.4, -0.2) is 47.5 Å². The molecule has 3 heterocycles. The zero-order valence-electron chi connectivity index (χ0n) is 14.9. The van der Waals surface area contributed by atoms with E-state index in [-0.39, 0.29) is 0 Å². The summed E-state index contributed by atoms with van der Waals surface area (Å²) in [7, 11) is 3.72. The molecule has 25 heavy (non-hydrogen) atoms. The fourth-order valence-electron chi connectivity index (χ4n) is 3.25. The van der Waals surface area contributed by atoms with Crippen LogP contribution in [0.15, 0.2) is 12.1 Å². The van der Waals surface area contributed by atoms with Crippen molar-refractivity contribution in [2.45, 2.75) is 44.2 Å². The molecule has 1 aliphatic heterocycles. The number of hydrogen-bond donors (Lipinski definition) is 1. The van der Waals surface area contributed by atoms with Gasteiger partial charge in [0.25, 0.3) is 0 Å². The van der Waals surface area contributed by atoms with Crippen LogP contribution >= 0.6 is 0 Å². The van der Waals surface area contributed by atoms with Crippen LogP contribution in [0.1, 0.15) is 54.0 Å². The second kappa shape index (κ2) is 7.09. The first-order valence-corrected chi connectivity index (χ1v) is 8.93. The van der Waals surface area contributed by atoms with Gasteiger partial charge in [0.15, 0.2) is 5.82 Å². The molecule has 1 aliphatic carbocycles. The predicted octanol–water partition coefficient (Wildman–Crippen LogP) is 2.36. The summed E-state index contributed by atoms with van der Waals surface area (Å²) < 4.78 is 10.8. The molecule has 0 spiro atoms. The summed E-state index contributed by atoms with van der Waals surface area (Å²) >= 11 is 0. The van der Waals surface area contributed by atoms with Crippen LogP contribution in [-0.2, 0) is 22.6 Å². The first kappa shape index (κ1) is 16.5. The molecule has 1 atom stereocenters. The second-order valence-corrected chi connectivity index (χ2v) is 7.01. The molecular weight excluding hydrogens is 318 g/mol. The number of aromatic amines is 1. The summed E-state index contributed by atoms with van der Waals surface area (Å²) in [5.74, 6) is 2.64. The Labute approximate surface area is 147 Å². The molecule has 2 aromatic heterocycles. The minimum atomic E-state index is 0.347. The number of hydrogen-bond acceptors (Lipinski definition) is 6. The molecule has 1 N–H and O–H groups in total. The maximum atomic E-state index is 5.52. The summed E-state index contributed by atoms with van der Waals surface area (Å²) in [6.45, 7) is 2.69. The third kappa shape index (κ3) is 3.82. The van der Waals surface area contributed by atoms with Gasteiger partial charge in [0.05, 0.1) is 30.2 Å². The summed E-state index contributed by atoms with van der Waals surface area (Å²) in [4.78, 5) is 11.5. The number of rotatable bonds is 7. The molecular formula is C18H25N5O2. The Bertz CT molecular complexity index is 722. The molecule has 4 rings (SSSR count). The van der Waals surface area contributed by atoms with Crippen LogP contribution in [0.4, 0.5) is 5.82 Å². The van der Waals surface area contributed by atoms with Crippen molar-refractivity contribution >= 4 is 5.82 Å². The number of methoxy groups -OCH3 is 1. The number of ether oxygens (including phenoxy) is 2. The van der Waals surface area contributed by atoms with Crippen LogP contribution in [0.25, 0.3) is 0 Å². The van der Waals surface area contributed by atoms with E-state index in [1.807, 2.05) is 7.05 Å². The third-order valence-corrected chi connectivity index (χ3v) is 4.85. The van der Waals surface area contributed by atoms with Crippen LogP contribution in [0, 0.1) is 0 Å². The van der Waals surface area contributed by atoms with Crippen LogP contribution < -0.4 is 4.90 Å². The molecule has 0 unspecified atom stereocenters. The Morgan fingerprint density at radius 2 is 2.08 bits per heavy atom. The van der Waals surface area contributed by atoms with Gasteiger partial charge in [-0.15, -0.1) is 0 Å². The van der Waals surface area contributed by atoms with E-state index in [9.17, 15) is 0 Å². The van der Waals surface area contributed by atoms with Gasteiger partial charge in [-0.1, -0.05) is 0 Å². The smallest absolute Gasteiger partial charge is 0.156 e. The van der Waals surface area contributed by atoms with Gasteiger partial charge in [-0.2, -0.15) is 5.10 Å². The molecule has 1 saturated carbocycles. The molecule has 0 radical (unpaired) electrons. The Morgan fingerprint density at radius 3 is 2.80 bits per heavy atom. The number of nitrogens with one attached hydrogen (secondary N) is 1. The van der Waals surface area contributed by atoms with E-state index in [0.717, 1.165) is 49.2 Å². The van der Waals surface area contributed by atoms with Crippen molar-refractivity contribution in [1.29, 1.82) is 0 Å². The Balaban J connectivity index is 1.53. The van der Waals surface area contributed by atoms with Crippen molar-refractivity contribution in [3.05, 3.63) is 35.0 Å². The van der Waals surface area contributed by atoms with Gasteiger partial charge in [-0.05, 0) is 25.3 Å². The van der Waals surface area contributed by atoms with Crippen molar-refractivity contribution < 1.29 is 9.47 Å². The average molecular weight is 343 g/mol. The highest BCUT2D eigenvalue weighted by Crippen LogP contribution is 2.39. The van der Waals surface area contributed by atoms with Crippen molar-refractivity contribution in [2.75, 3.05) is 32.3 Å². The maximum Gasteiger partial charge on any atom is 0.156 e. The highest BCUT2D eigenvalue weighted by molar-refractivity contribution is 5.40. The SMILES string of the molecule is COCc1nc([C@H]2CCOC2)cc(N(C)Cc2cc(C3CC3)n[nH]2)n1. The lowest BCUT2D eigenvalue weighted by Crippen LogP contribution is -2.20. The van der Waals surface area contributed by atoms with Crippen LogP contribution in [0.5, 0.6) is 0 Å². The first-order chi connectivity index (χ1) is 12.2. The van der Waals surface area contributed by atoms with Crippen molar-refractivity contribution in [2.24, 2.45) is 0 Å². The van der Waals surface area contributed by atoms with Gasteiger partial charge in [0.2, 0.25) is 0 Å². The topological polar surface area (TPSA) is 76.2 Å². The predicted molar refractivity (Wildman–Crippen MR) is 93.6 cm³/mol. The largest absolute Gasteiger partial charge is 0.381 e. The molecule has 2 aromatic rings. The summed E-state index contributed by atoms with van der Waals surface area (Å²) in [6, 6.07) is 4.26. The van der Waals surface area contributed by atoms with Gasteiger partial charge >= 0.3 is 0 Å². The van der Waals surface area contributed by atoms with E-state index in [0.29, 0.717) is 18.4 Å². The van der Waals surface area contributed by atoms with Crippen LogP contribution in [0.2, 0.25) is 0 Å². The molecule has 7 nitrogen and oxygen atoms in total. The monoisotopic (exact) mass is 343 g/mol. The van der Waals surface area contributed by atoms with Crippen LogP contribution in [0.3, 0.4) is 0 Å². The molecule has 2 fully saturated rings. The van der Waals surface area contributed by atoms with E-state index in [1.54, 1.807) is 7.11 Å². The lowest BCUT2D eigenvalue weighted by Gasteiger charge is -2.20. The zero-order chi connectivity index (χ0) is 17.2. The van der Waals surface area contributed by atoms with E-state index >= 15 is 0 Å². The third-order valence-electron chi connectivity index (χ3n) is 4.85. The maximum absolute atomic E-state index is 5.52. The molecule has 1 saturated heterocycles. The number of anilines is 1. The van der Waals surface area contributed by atoms with Crippen molar-refractivity contribution in [3.8, 4) is 0 Å². The molecule has 0 bridgehead atoms. The summed E-state index contributed by atoms with van der Waals surface area (Å²) in [5.41, 5.74) is 3.35. The Kier molecular flexibility index (Phi) is 4.67. The fourth-order valence-corrected chi connectivity index (χ4v) is 3.25. The zero-order valence-corrected chi connectivity index (χ0v) is 14.9. The Morgan fingerprint density at radius 1 is 1.20 bits per heavy atom. The quantitative estimate of drug-likeness (QED) is 0.832. The highest BCUT2D eigenvalue weighted by atomic mass is 16.5. The number of aromatic nitrogens is 4. The van der Waals surface area contributed by atoms with E-state index in [4.69, 9.17) is 9.47 Å². The van der Waals surface area contributed by atoms with E-state index < -0.39 is 0 Å². The molecule has 7 heteroatoms. The van der Waals surface area contributed by atoms with Gasteiger partial charge in [0, 0.05) is 38.7 Å². The van der Waals surface area contributed by atoms with Gasteiger partial charge in [-0.3, -0.25) is 5.10 Å². The highest BCUT2D eigenvalue weighted by Gasteiger charge is 2.26. The van der Waals surface area contributed by atoms with Crippen molar-refractivity contribution in [1.82, 2.24) is 20.2 Å². The minimum absolute atomic E-state index is 0.347. The molecule has 134 valence electrons. The second-order valence-electron chi connectivity index (χ2n) is 7.01. The lowest BCUT2D eigenvalue weighted by atomic mass is 10.0. The minimum Gasteiger partial charge on any atom is -0.381 e. The molecule has 0 aromatic carbocycles. The van der Waals surface area contributed by atoms with Gasteiger partial charge in [-0.25, -0.2) is 9.97 Å². The lowest BCUT2D eigenvalue weighted by molar-refractivity contribution is 0.177. The summed E-state index contributed by atoms with van der Waals surface area (Å²) in [5, 5.41) is 7.59. The molecule has 0 amide bonds. The Hall–Kier alpha value is -1.99. The fraction of sp³-hybridized carbons (Fsp3) is 0.611. The standard InChI is InChI=1S/C18H25N5O2/c1-23(9-14-7-16(22-21-14)12-3-4-12)18-8-15(13-5-6-25-10-13)19-17(20-18)11-24-2/h7-8,12-13H,3-6,9-11H2,1-2H3,(H,21,22)/t13-/m0/s1. The molecule has 2 aliphatic rings. The van der Waals surface area contributed by atoms with E-state index in [1.165, 1.54) is 18.5 Å². The first-order valence-electron chi connectivity index (χ1n) is 8.93. The normalized spacial score (nSPS) is 20.2. The number of nitrogens with zero attached hydrogens (tertiary/aromatic N) is 4. The van der Waals surface area contributed by atoms with Gasteiger partial charge in [0.1, 0.15) is 12.4 Å². The average Bonchev–Trinajstić information content (AvgIpc) is 3.12. The summed E-state index contributed by atoms with van der Waals surface area (Å²) in [6.07, 6.45) is 3.54. The number of H-pyrrole nitrogens is 1. The van der Waals surface area contributed by atoms with Crippen molar-refractivity contribution in [3.63, 3.8) is 0 Å². The van der Waals surface area contributed by atoms with E-state index in [2.05, 4.69) is 37.2 Å². The van der Waals surface area contributed by atoms with Gasteiger partial charge < -0.3 is 14.4 Å².